The highest BCUT2D eigenvalue weighted by Gasteiger charge is 2.23. The molecular weight excluding hydrogens is 317 g/mol. The lowest BCUT2D eigenvalue weighted by atomic mass is 9.84. The first kappa shape index (κ1) is 17.4. The molecule has 0 fully saturated rings. The van der Waals surface area contributed by atoms with Gasteiger partial charge in [0.2, 0.25) is 0 Å². The summed E-state index contributed by atoms with van der Waals surface area (Å²) >= 11 is 6.13. The van der Waals surface area contributed by atoms with Crippen molar-refractivity contribution in [3.05, 3.63) is 70.0 Å². The van der Waals surface area contributed by atoms with E-state index in [2.05, 4.69) is 5.32 Å². The zero-order valence-corrected chi connectivity index (χ0v) is 13.8. The summed E-state index contributed by atoms with van der Waals surface area (Å²) in [5.74, 6) is -1.29. The van der Waals surface area contributed by atoms with Crippen molar-refractivity contribution in [1.82, 2.24) is 5.32 Å². The van der Waals surface area contributed by atoms with Gasteiger partial charge in [0, 0.05) is 23.5 Å². The Labute approximate surface area is 140 Å². The van der Waals surface area contributed by atoms with Gasteiger partial charge in [-0.05, 0) is 35.4 Å². The normalized spacial score (nSPS) is 11.5. The molecule has 0 aliphatic carbocycles. The predicted molar refractivity (Wildman–Crippen MR) is 89.5 cm³/mol. The van der Waals surface area contributed by atoms with E-state index in [-0.39, 0.29) is 16.8 Å². The third kappa shape index (κ3) is 4.53. The molecule has 0 amide bonds. The summed E-state index contributed by atoms with van der Waals surface area (Å²) < 4.78 is 13.2. The van der Waals surface area contributed by atoms with Crippen LogP contribution >= 0.6 is 11.6 Å². The van der Waals surface area contributed by atoms with Crippen molar-refractivity contribution in [3.63, 3.8) is 0 Å². The van der Waals surface area contributed by atoms with E-state index in [9.17, 15) is 9.18 Å². The van der Waals surface area contributed by atoms with E-state index in [4.69, 9.17) is 16.7 Å². The molecule has 0 saturated carbocycles. The van der Waals surface area contributed by atoms with Crippen LogP contribution in [-0.2, 0) is 12.0 Å². The van der Waals surface area contributed by atoms with Crippen molar-refractivity contribution in [3.8, 4) is 0 Å². The van der Waals surface area contributed by atoms with Crippen molar-refractivity contribution in [2.45, 2.75) is 25.8 Å². The lowest BCUT2D eigenvalue weighted by Crippen LogP contribution is -2.33. The smallest absolute Gasteiger partial charge is 0.335 e. The number of aromatic carboxylic acids is 1. The topological polar surface area (TPSA) is 49.3 Å². The molecule has 3 nitrogen and oxygen atoms in total. The van der Waals surface area contributed by atoms with Gasteiger partial charge in [-0.25, -0.2) is 9.18 Å². The van der Waals surface area contributed by atoms with Crippen LogP contribution in [0.2, 0.25) is 5.02 Å². The number of rotatable bonds is 6. The van der Waals surface area contributed by atoms with Crippen LogP contribution in [-0.4, -0.2) is 17.6 Å². The molecule has 2 rings (SSSR count). The first-order valence-corrected chi connectivity index (χ1v) is 7.66. The molecule has 5 heteroatoms. The largest absolute Gasteiger partial charge is 0.478 e. The van der Waals surface area contributed by atoms with Crippen LogP contribution in [0.15, 0.2) is 42.5 Å². The summed E-state index contributed by atoms with van der Waals surface area (Å²) in [5, 5.41) is 12.7. The highest BCUT2D eigenvalue weighted by atomic mass is 35.5. The van der Waals surface area contributed by atoms with Crippen LogP contribution in [0.3, 0.4) is 0 Å². The van der Waals surface area contributed by atoms with Gasteiger partial charge in [-0.2, -0.15) is 0 Å². The second kappa shape index (κ2) is 7.11. The Hall–Kier alpha value is -1.91. The van der Waals surface area contributed by atoms with Gasteiger partial charge in [-0.1, -0.05) is 43.6 Å². The Kier molecular flexibility index (Phi) is 5.39. The molecule has 23 heavy (non-hydrogen) atoms. The standard InChI is InChI=1S/C18H19ClFNO2/c1-18(2,15-7-6-14(20)9-16(15)19)11-21-10-12-4-3-5-13(8-12)17(22)23/h3-9,21H,10-11H2,1-2H3,(H,22,23). The summed E-state index contributed by atoms with van der Waals surface area (Å²) in [4.78, 5) is 11.0. The second-order valence-corrected chi connectivity index (χ2v) is 6.52. The summed E-state index contributed by atoms with van der Waals surface area (Å²) in [6.45, 7) is 5.21. The van der Waals surface area contributed by atoms with E-state index in [0.29, 0.717) is 18.1 Å². The van der Waals surface area contributed by atoms with Gasteiger partial charge < -0.3 is 10.4 Å². The molecule has 0 unspecified atom stereocenters. The average Bonchev–Trinajstić information content (AvgIpc) is 2.46. The van der Waals surface area contributed by atoms with E-state index in [1.165, 1.54) is 12.1 Å². The van der Waals surface area contributed by atoms with Crippen molar-refractivity contribution in [2.24, 2.45) is 0 Å². The number of hydrogen-bond acceptors (Lipinski definition) is 2. The number of carboxylic acids is 1. The van der Waals surface area contributed by atoms with Gasteiger partial charge >= 0.3 is 5.97 Å². The van der Waals surface area contributed by atoms with Crippen LogP contribution in [0.4, 0.5) is 4.39 Å². The molecule has 0 bridgehead atoms. The van der Waals surface area contributed by atoms with Crippen LogP contribution in [0.5, 0.6) is 0 Å². The number of nitrogens with one attached hydrogen (secondary N) is 1. The third-order valence-corrected chi connectivity index (χ3v) is 4.04. The Morgan fingerprint density at radius 1 is 1.26 bits per heavy atom. The van der Waals surface area contributed by atoms with Gasteiger partial charge in [-0.3, -0.25) is 0 Å². The molecule has 0 aliphatic rings. The molecule has 0 heterocycles. The van der Waals surface area contributed by atoms with Crippen molar-refractivity contribution < 1.29 is 14.3 Å². The molecule has 2 aromatic carbocycles. The fourth-order valence-electron chi connectivity index (χ4n) is 2.47. The monoisotopic (exact) mass is 335 g/mol. The average molecular weight is 336 g/mol. The fourth-order valence-corrected chi connectivity index (χ4v) is 2.89. The molecular formula is C18H19ClFNO2. The van der Waals surface area contributed by atoms with Crippen molar-refractivity contribution >= 4 is 17.6 Å². The van der Waals surface area contributed by atoms with Crippen molar-refractivity contribution in [2.75, 3.05) is 6.54 Å². The Morgan fingerprint density at radius 2 is 2.00 bits per heavy atom. The zero-order chi connectivity index (χ0) is 17.0. The molecule has 0 aliphatic heterocycles. The van der Waals surface area contributed by atoms with E-state index in [0.717, 1.165) is 11.1 Å². The number of carbonyl (C=O) groups is 1. The first-order chi connectivity index (χ1) is 10.8. The van der Waals surface area contributed by atoms with Crippen LogP contribution in [0, 0.1) is 5.82 Å². The zero-order valence-electron chi connectivity index (χ0n) is 13.1. The maximum atomic E-state index is 13.2. The Bertz CT molecular complexity index is 716. The number of hydrogen-bond donors (Lipinski definition) is 2. The second-order valence-electron chi connectivity index (χ2n) is 6.12. The molecule has 2 N–H and O–H groups in total. The summed E-state index contributed by atoms with van der Waals surface area (Å²) in [6, 6.07) is 11.2. The van der Waals surface area contributed by atoms with E-state index in [1.54, 1.807) is 24.3 Å². The number of carboxylic acid groups (broad SMARTS) is 1. The molecule has 122 valence electrons. The number of benzene rings is 2. The van der Waals surface area contributed by atoms with Gasteiger partial charge in [0.15, 0.2) is 0 Å². The van der Waals surface area contributed by atoms with Gasteiger partial charge in [0.25, 0.3) is 0 Å². The molecule has 0 aromatic heterocycles. The maximum absolute atomic E-state index is 13.2. The highest BCUT2D eigenvalue weighted by molar-refractivity contribution is 6.31. The molecule has 0 radical (unpaired) electrons. The van der Waals surface area contributed by atoms with Crippen LogP contribution < -0.4 is 5.32 Å². The minimum absolute atomic E-state index is 0.269. The molecule has 0 saturated heterocycles. The first-order valence-electron chi connectivity index (χ1n) is 7.28. The fraction of sp³-hybridized carbons (Fsp3) is 0.278. The van der Waals surface area contributed by atoms with Crippen LogP contribution in [0.1, 0.15) is 35.3 Å². The summed E-state index contributed by atoms with van der Waals surface area (Å²) in [6.07, 6.45) is 0. The van der Waals surface area contributed by atoms with E-state index >= 15 is 0 Å². The Balaban J connectivity index is 2.02. The highest BCUT2D eigenvalue weighted by Crippen LogP contribution is 2.30. The lowest BCUT2D eigenvalue weighted by Gasteiger charge is -2.27. The maximum Gasteiger partial charge on any atom is 0.335 e. The van der Waals surface area contributed by atoms with Crippen LogP contribution in [0.25, 0.3) is 0 Å². The van der Waals surface area contributed by atoms with Gasteiger partial charge in [0.1, 0.15) is 5.82 Å². The minimum atomic E-state index is -0.940. The molecule has 2 aromatic rings. The number of halogens is 2. The predicted octanol–water partition coefficient (Wildman–Crippen LogP) is 4.24. The van der Waals surface area contributed by atoms with E-state index < -0.39 is 5.97 Å². The quantitative estimate of drug-likeness (QED) is 0.830. The summed E-state index contributed by atoms with van der Waals surface area (Å²) in [7, 11) is 0. The molecule has 0 spiro atoms. The van der Waals surface area contributed by atoms with Gasteiger partial charge in [0.05, 0.1) is 5.56 Å². The third-order valence-electron chi connectivity index (χ3n) is 3.73. The minimum Gasteiger partial charge on any atom is -0.478 e. The van der Waals surface area contributed by atoms with Gasteiger partial charge in [-0.15, -0.1) is 0 Å². The van der Waals surface area contributed by atoms with E-state index in [1.807, 2.05) is 19.9 Å². The van der Waals surface area contributed by atoms with Crippen molar-refractivity contribution in [1.29, 1.82) is 0 Å². The Morgan fingerprint density at radius 3 is 2.65 bits per heavy atom. The lowest BCUT2D eigenvalue weighted by molar-refractivity contribution is 0.0696. The SMILES string of the molecule is CC(C)(CNCc1cccc(C(=O)O)c1)c1ccc(F)cc1Cl. The summed E-state index contributed by atoms with van der Waals surface area (Å²) in [5.41, 5.74) is 1.75. The molecule has 0 atom stereocenters.